The van der Waals surface area contributed by atoms with Gasteiger partial charge >= 0.3 is 0 Å². The van der Waals surface area contributed by atoms with Crippen LogP contribution in [0.25, 0.3) is 0 Å². The van der Waals surface area contributed by atoms with Gasteiger partial charge in [0, 0.05) is 23.3 Å². The van der Waals surface area contributed by atoms with E-state index in [-0.39, 0.29) is 40.0 Å². The lowest BCUT2D eigenvalue weighted by atomic mass is 9.95. The molecule has 0 fully saturated rings. The standard InChI is InChI=1S/C29H31BClF2N3O4/c1-16-5-6-17(14-34-28(39)29(2,3)4)25(31)24(16)27(38)36-20-11-12-22(40-15-23(32)33)21(13-20)26(37)35-19-9-7-18(30)8-10-19/h5-13,23H,14-15,30H2,1-4H3,(H,34,39)(H,35,37)(H,36,38). The third-order valence-electron chi connectivity index (χ3n) is 5.93. The van der Waals surface area contributed by atoms with Gasteiger partial charge in [-0.1, -0.05) is 62.1 Å². The number of aryl methyl sites for hydroxylation is 1. The molecule has 0 saturated heterocycles. The number of ether oxygens (including phenoxy) is 1. The zero-order valence-corrected chi connectivity index (χ0v) is 23.7. The molecule has 0 saturated carbocycles. The molecule has 3 N–H and O–H groups in total. The Balaban J connectivity index is 1.87. The van der Waals surface area contributed by atoms with Crippen LogP contribution in [0.3, 0.4) is 0 Å². The number of hydrogen-bond acceptors (Lipinski definition) is 4. The minimum atomic E-state index is -2.74. The number of carbonyl (C=O) groups is 3. The van der Waals surface area contributed by atoms with Crippen molar-refractivity contribution in [1.29, 1.82) is 0 Å². The van der Waals surface area contributed by atoms with Crippen LogP contribution in [0.5, 0.6) is 5.75 Å². The molecule has 0 bridgehead atoms. The van der Waals surface area contributed by atoms with Gasteiger partial charge in [0.1, 0.15) is 20.2 Å². The SMILES string of the molecule is Bc1ccc(NC(=O)c2cc(NC(=O)c3c(C)ccc(CNC(=O)C(C)(C)C)c3Cl)ccc2OCC(F)F)cc1. The maximum absolute atomic E-state index is 13.3. The summed E-state index contributed by atoms with van der Waals surface area (Å²) in [7, 11) is 1.90. The van der Waals surface area contributed by atoms with Gasteiger partial charge in [0.2, 0.25) is 5.91 Å². The van der Waals surface area contributed by atoms with Gasteiger partial charge in [-0.05, 0) is 48.4 Å². The van der Waals surface area contributed by atoms with Gasteiger partial charge in [0.25, 0.3) is 18.2 Å². The number of carbonyl (C=O) groups excluding carboxylic acids is 3. The lowest BCUT2D eigenvalue weighted by Gasteiger charge is -2.19. The highest BCUT2D eigenvalue weighted by Crippen LogP contribution is 2.28. The summed E-state index contributed by atoms with van der Waals surface area (Å²) in [4.78, 5) is 38.7. The summed E-state index contributed by atoms with van der Waals surface area (Å²) in [5.41, 5.74) is 2.46. The molecular formula is C29H31BClF2N3O4. The van der Waals surface area contributed by atoms with E-state index in [9.17, 15) is 23.2 Å². The van der Waals surface area contributed by atoms with Gasteiger partial charge < -0.3 is 20.7 Å². The summed E-state index contributed by atoms with van der Waals surface area (Å²) in [5, 5.41) is 8.43. The van der Waals surface area contributed by atoms with E-state index in [0.29, 0.717) is 16.8 Å². The molecule has 3 amide bonds. The van der Waals surface area contributed by atoms with Crippen LogP contribution >= 0.6 is 11.6 Å². The molecule has 0 spiro atoms. The van der Waals surface area contributed by atoms with Crippen molar-refractivity contribution in [2.24, 2.45) is 5.41 Å². The van der Waals surface area contributed by atoms with Crippen LogP contribution in [0.1, 0.15) is 52.6 Å². The van der Waals surface area contributed by atoms with Crippen LogP contribution in [0.15, 0.2) is 54.6 Å². The fourth-order valence-corrected chi connectivity index (χ4v) is 4.03. The Morgan fingerprint density at radius 2 is 1.57 bits per heavy atom. The smallest absolute Gasteiger partial charge is 0.272 e. The number of amides is 3. The van der Waals surface area contributed by atoms with Crippen molar-refractivity contribution < 1.29 is 27.9 Å². The van der Waals surface area contributed by atoms with E-state index >= 15 is 0 Å². The molecule has 0 heterocycles. The van der Waals surface area contributed by atoms with Crippen molar-refractivity contribution in [2.75, 3.05) is 17.2 Å². The fourth-order valence-electron chi connectivity index (χ4n) is 3.66. The van der Waals surface area contributed by atoms with Gasteiger partial charge in [-0.15, -0.1) is 0 Å². The molecule has 0 aliphatic rings. The van der Waals surface area contributed by atoms with E-state index in [2.05, 4.69) is 16.0 Å². The second-order valence-electron chi connectivity index (χ2n) is 10.4. The molecule has 11 heteroatoms. The quantitative estimate of drug-likeness (QED) is 0.325. The first-order valence-electron chi connectivity index (χ1n) is 12.6. The van der Waals surface area contributed by atoms with E-state index < -0.39 is 30.3 Å². The van der Waals surface area contributed by atoms with Crippen LogP contribution in [0.4, 0.5) is 20.2 Å². The summed E-state index contributed by atoms with van der Waals surface area (Å²) in [6.45, 7) is 6.32. The third-order valence-corrected chi connectivity index (χ3v) is 6.37. The molecule has 0 radical (unpaired) electrons. The lowest BCUT2D eigenvalue weighted by Crippen LogP contribution is -2.34. The molecule has 7 nitrogen and oxygen atoms in total. The molecule has 40 heavy (non-hydrogen) atoms. The first-order chi connectivity index (χ1) is 18.8. The molecule has 3 aromatic rings. The predicted molar refractivity (Wildman–Crippen MR) is 156 cm³/mol. The fraction of sp³-hybridized carbons (Fsp3) is 0.276. The maximum Gasteiger partial charge on any atom is 0.272 e. The van der Waals surface area contributed by atoms with E-state index in [4.69, 9.17) is 16.3 Å². The second-order valence-corrected chi connectivity index (χ2v) is 10.7. The normalized spacial score (nSPS) is 11.2. The Hall–Kier alpha value is -3.92. The minimum Gasteiger partial charge on any atom is -0.487 e. The topological polar surface area (TPSA) is 96.5 Å². The van der Waals surface area contributed by atoms with Crippen molar-refractivity contribution in [3.05, 3.63) is 81.9 Å². The summed E-state index contributed by atoms with van der Waals surface area (Å²) >= 11 is 6.58. The first-order valence-corrected chi connectivity index (χ1v) is 12.9. The van der Waals surface area contributed by atoms with Crippen LogP contribution in [0.2, 0.25) is 5.02 Å². The highest BCUT2D eigenvalue weighted by Gasteiger charge is 2.23. The summed E-state index contributed by atoms with van der Waals surface area (Å²) in [6, 6.07) is 14.6. The van der Waals surface area contributed by atoms with Crippen molar-refractivity contribution in [2.45, 2.75) is 40.7 Å². The average molecular weight is 570 g/mol. The Kier molecular flexibility index (Phi) is 9.92. The lowest BCUT2D eigenvalue weighted by molar-refractivity contribution is -0.128. The van der Waals surface area contributed by atoms with Gasteiger partial charge in [-0.25, -0.2) is 8.78 Å². The third kappa shape index (κ3) is 8.05. The van der Waals surface area contributed by atoms with E-state index in [1.165, 1.54) is 18.2 Å². The van der Waals surface area contributed by atoms with Gasteiger partial charge in [0.05, 0.1) is 16.1 Å². The molecular weight excluding hydrogens is 539 g/mol. The summed E-state index contributed by atoms with van der Waals surface area (Å²) < 4.78 is 30.8. The number of halogens is 3. The van der Waals surface area contributed by atoms with E-state index in [1.807, 2.05) is 20.0 Å². The summed E-state index contributed by atoms with van der Waals surface area (Å²) in [5.74, 6) is -1.37. The number of benzene rings is 3. The number of nitrogens with one attached hydrogen (secondary N) is 3. The number of alkyl halides is 2. The van der Waals surface area contributed by atoms with Gasteiger partial charge in [-0.2, -0.15) is 0 Å². The Morgan fingerprint density at radius 1 is 0.950 bits per heavy atom. The van der Waals surface area contributed by atoms with Gasteiger partial charge in [0.15, 0.2) is 0 Å². The zero-order chi connectivity index (χ0) is 29.6. The molecule has 0 aliphatic heterocycles. The Morgan fingerprint density at radius 3 is 2.20 bits per heavy atom. The van der Waals surface area contributed by atoms with Crippen molar-refractivity contribution in [1.82, 2.24) is 5.32 Å². The maximum atomic E-state index is 13.3. The Labute approximate surface area is 238 Å². The number of anilines is 2. The highest BCUT2D eigenvalue weighted by molar-refractivity contribution is 6.35. The van der Waals surface area contributed by atoms with E-state index in [0.717, 1.165) is 5.46 Å². The highest BCUT2D eigenvalue weighted by atomic mass is 35.5. The first kappa shape index (κ1) is 30.6. The van der Waals surface area contributed by atoms with Gasteiger partial charge in [-0.3, -0.25) is 14.4 Å². The van der Waals surface area contributed by atoms with E-state index in [1.54, 1.807) is 52.0 Å². The Bertz CT molecular complexity index is 1410. The zero-order valence-electron chi connectivity index (χ0n) is 23.0. The van der Waals surface area contributed by atoms with Crippen LogP contribution in [-0.4, -0.2) is 38.6 Å². The number of rotatable bonds is 9. The molecule has 0 aliphatic carbocycles. The predicted octanol–water partition coefficient (Wildman–Crippen LogP) is 4.72. The second kappa shape index (κ2) is 13.0. The molecule has 210 valence electrons. The minimum absolute atomic E-state index is 0.0412. The molecule has 3 rings (SSSR count). The molecule has 0 atom stereocenters. The summed E-state index contributed by atoms with van der Waals surface area (Å²) in [6.07, 6.45) is -2.74. The van der Waals surface area contributed by atoms with Crippen molar-refractivity contribution in [3.8, 4) is 5.75 Å². The van der Waals surface area contributed by atoms with Crippen LogP contribution in [-0.2, 0) is 11.3 Å². The monoisotopic (exact) mass is 569 g/mol. The molecule has 3 aromatic carbocycles. The largest absolute Gasteiger partial charge is 0.487 e. The number of hydrogen-bond donors (Lipinski definition) is 3. The molecule has 0 unspecified atom stereocenters. The van der Waals surface area contributed by atoms with Crippen molar-refractivity contribution in [3.63, 3.8) is 0 Å². The molecule has 0 aromatic heterocycles. The van der Waals surface area contributed by atoms with Crippen LogP contribution < -0.4 is 26.2 Å². The van der Waals surface area contributed by atoms with Crippen LogP contribution in [0, 0.1) is 12.3 Å². The average Bonchev–Trinajstić information content (AvgIpc) is 2.88. The van der Waals surface area contributed by atoms with Crippen molar-refractivity contribution >= 4 is 54.0 Å².